The molecule has 1 aliphatic heterocycles. The number of piperidine rings is 1. The van der Waals surface area contributed by atoms with Crippen LogP contribution in [0.15, 0.2) is 18.2 Å². The third kappa shape index (κ3) is 5.02. The van der Waals surface area contributed by atoms with Gasteiger partial charge in [-0.2, -0.15) is 0 Å². The van der Waals surface area contributed by atoms with Gasteiger partial charge in [-0.15, -0.1) is 10.2 Å². The maximum Gasteiger partial charge on any atom is 0.243 e. The lowest BCUT2D eigenvalue weighted by Gasteiger charge is -2.30. The molecule has 3 rings (SSSR count). The summed E-state index contributed by atoms with van der Waals surface area (Å²) in [5.41, 5.74) is 2.61. The molecular formula is C20H27N5O3. The topological polar surface area (TPSA) is 89.5 Å². The van der Waals surface area contributed by atoms with E-state index in [0.29, 0.717) is 35.6 Å². The summed E-state index contributed by atoms with van der Waals surface area (Å²) in [6.45, 7) is 6.51. The second-order valence-electron chi connectivity index (χ2n) is 6.94. The summed E-state index contributed by atoms with van der Waals surface area (Å²) in [5.74, 6) is 1.05. The molecule has 1 aromatic heterocycles. The van der Waals surface area contributed by atoms with Crippen molar-refractivity contribution >= 4 is 12.2 Å². The third-order valence-corrected chi connectivity index (χ3v) is 4.72. The number of ether oxygens (including phenoxy) is 2. The first-order chi connectivity index (χ1) is 13.6. The number of anilines is 1. The van der Waals surface area contributed by atoms with Crippen molar-refractivity contribution in [3.8, 4) is 17.0 Å². The lowest BCUT2D eigenvalue weighted by molar-refractivity contribution is 0.0227. The first kappa shape index (κ1) is 20.2. The molecule has 2 aromatic rings. The molecule has 1 saturated heterocycles. The van der Waals surface area contributed by atoms with E-state index in [1.165, 1.54) is 0 Å². The van der Waals surface area contributed by atoms with Crippen molar-refractivity contribution in [3.63, 3.8) is 0 Å². The molecule has 150 valence electrons. The average molecular weight is 385 g/mol. The first-order valence-corrected chi connectivity index (χ1v) is 9.57. The zero-order valence-corrected chi connectivity index (χ0v) is 16.6. The number of carbonyl (C=O) groups excluding carboxylic acids is 1. The van der Waals surface area contributed by atoms with Crippen molar-refractivity contribution in [1.82, 2.24) is 20.1 Å². The van der Waals surface area contributed by atoms with Gasteiger partial charge in [-0.05, 0) is 52.4 Å². The van der Waals surface area contributed by atoms with Gasteiger partial charge in [-0.3, -0.25) is 4.79 Å². The Labute approximate surface area is 165 Å². The molecule has 8 heteroatoms. The highest BCUT2D eigenvalue weighted by molar-refractivity contribution is 5.80. The van der Waals surface area contributed by atoms with Crippen LogP contribution in [0.5, 0.6) is 5.75 Å². The predicted molar refractivity (Wildman–Crippen MR) is 107 cm³/mol. The van der Waals surface area contributed by atoms with Crippen molar-refractivity contribution in [2.24, 2.45) is 0 Å². The molecule has 0 amide bonds. The van der Waals surface area contributed by atoms with E-state index < -0.39 is 0 Å². The van der Waals surface area contributed by atoms with E-state index in [1.807, 2.05) is 13.8 Å². The van der Waals surface area contributed by atoms with E-state index in [-0.39, 0.29) is 6.79 Å². The van der Waals surface area contributed by atoms with Crippen molar-refractivity contribution in [2.75, 3.05) is 38.9 Å². The van der Waals surface area contributed by atoms with Crippen molar-refractivity contribution in [3.05, 3.63) is 29.5 Å². The van der Waals surface area contributed by atoms with Gasteiger partial charge in [-0.1, -0.05) is 6.07 Å². The molecule has 1 atom stereocenters. The van der Waals surface area contributed by atoms with Crippen LogP contribution in [0.4, 0.5) is 5.95 Å². The van der Waals surface area contributed by atoms with Crippen LogP contribution >= 0.6 is 0 Å². The van der Waals surface area contributed by atoms with E-state index in [1.54, 1.807) is 18.2 Å². The van der Waals surface area contributed by atoms with Crippen LogP contribution in [-0.2, 0) is 4.74 Å². The molecule has 0 spiro atoms. The number of likely N-dealkylation sites (tertiary alicyclic amines) is 1. The standard InChI is InChI=1S/C20H27N5O3/c1-4-27-13-28-18-10-15(12-26)7-8-17(18)19-14(2)21-20(24-23-19)22-16-6-5-9-25(3)11-16/h7-8,10,12,16H,4-6,9,11,13H2,1-3H3,(H,21,22,24)/t16-/m1/s1. The fourth-order valence-electron chi connectivity index (χ4n) is 3.30. The molecule has 0 unspecified atom stereocenters. The van der Waals surface area contributed by atoms with Gasteiger partial charge in [-0.25, -0.2) is 4.98 Å². The number of aryl methyl sites for hydroxylation is 1. The number of aromatic nitrogens is 3. The van der Waals surface area contributed by atoms with Crippen molar-refractivity contribution in [1.29, 1.82) is 0 Å². The van der Waals surface area contributed by atoms with E-state index in [9.17, 15) is 4.79 Å². The van der Waals surface area contributed by atoms with E-state index in [0.717, 1.165) is 43.5 Å². The molecule has 0 radical (unpaired) electrons. The Hall–Kier alpha value is -2.58. The zero-order valence-electron chi connectivity index (χ0n) is 16.6. The summed E-state index contributed by atoms with van der Waals surface area (Å²) in [5, 5.41) is 12.0. The molecule has 28 heavy (non-hydrogen) atoms. The van der Waals surface area contributed by atoms with Crippen LogP contribution in [0.3, 0.4) is 0 Å². The summed E-state index contributed by atoms with van der Waals surface area (Å²) in [7, 11) is 2.12. The van der Waals surface area contributed by atoms with Gasteiger partial charge in [0.15, 0.2) is 6.79 Å². The van der Waals surface area contributed by atoms with E-state index in [4.69, 9.17) is 9.47 Å². The molecule has 1 fully saturated rings. The maximum absolute atomic E-state index is 11.1. The van der Waals surface area contributed by atoms with E-state index >= 15 is 0 Å². The number of hydrogen-bond acceptors (Lipinski definition) is 8. The van der Waals surface area contributed by atoms with E-state index in [2.05, 4.69) is 32.4 Å². The molecular weight excluding hydrogens is 358 g/mol. The van der Waals surface area contributed by atoms with Gasteiger partial charge in [0, 0.05) is 30.3 Å². The molecule has 1 N–H and O–H groups in total. The second-order valence-corrected chi connectivity index (χ2v) is 6.94. The number of aldehydes is 1. The van der Waals surface area contributed by atoms with Crippen LogP contribution < -0.4 is 10.1 Å². The van der Waals surface area contributed by atoms with Gasteiger partial charge in [0.1, 0.15) is 17.7 Å². The Morgan fingerprint density at radius 2 is 2.21 bits per heavy atom. The lowest BCUT2D eigenvalue weighted by Crippen LogP contribution is -2.40. The summed E-state index contributed by atoms with van der Waals surface area (Å²) < 4.78 is 11.0. The third-order valence-electron chi connectivity index (χ3n) is 4.72. The smallest absolute Gasteiger partial charge is 0.243 e. The maximum atomic E-state index is 11.1. The highest BCUT2D eigenvalue weighted by Crippen LogP contribution is 2.31. The number of benzene rings is 1. The lowest BCUT2D eigenvalue weighted by atomic mass is 10.1. The van der Waals surface area contributed by atoms with Crippen LogP contribution in [0, 0.1) is 6.92 Å². The Morgan fingerprint density at radius 1 is 1.36 bits per heavy atom. The Balaban J connectivity index is 1.82. The highest BCUT2D eigenvalue weighted by atomic mass is 16.7. The average Bonchev–Trinajstić information content (AvgIpc) is 2.68. The largest absolute Gasteiger partial charge is 0.467 e. The minimum absolute atomic E-state index is 0.0978. The quantitative estimate of drug-likeness (QED) is 0.421. The molecule has 0 saturated carbocycles. The number of rotatable bonds is 8. The fourth-order valence-corrected chi connectivity index (χ4v) is 3.30. The molecule has 0 aliphatic carbocycles. The second kappa shape index (κ2) is 9.57. The highest BCUT2D eigenvalue weighted by Gasteiger charge is 2.19. The number of nitrogens with one attached hydrogen (secondary N) is 1. The van der Waals surface area contributed by atoms with Gasteiger partial charge in [0.2, 0.25) is 5.95 Å². The SMILES string of the molecule is CCOCOc1cc(C=O)ccc1-c1nnc(N[C@@H]2CCCN(C)C2)nc1C. The summed E-state index contributed by atoms with van der Waals surface area (Å²) in [6, 6.07) is 5.52. The zero-order chi connectivity index (χ0) is 19.9. The van der Waals surface area contributed by atoms with Crippen LogP contribution in [-0.4, -0.2) is 65.9 Å². The molecule has 8 nitrogen and oxygen atoms in total. The minimum atomic E-state index is 0.0978. The fraction of sp³-hybridized carbons (Fsp3) is 0.500. The Morgan fingerprint density at radius 3 is 2.93 bits per heavy atom. The normalized spacial score (nSPS) is 17.3. The molecule has 1 aliphatic rings. The van der Waals surface area contributed by atoms with Crippen LogP contribution in [0.25, 0.3) is 11.3 Å². The van der Waals surface area contributed by atoms with Crippen molar-refractivity contribution in [2.45, 2.75) is 32.7 Å². The number of hydrogen-bond donors (Lipinski definition) is 1. The minimum Gasteiger partial charge on any atom is -0.467 e. The summed E-state index contributed by atoms with van der Waals surface area (Å²) in [6.07, 6.45) is 3.03. The molecule has 0 bridgehead atoms. The Kier molecular flexibility index (Phi) is 6.89. The van der Waals surface area contributed by atoms with Crippen LogP contribution in [0.2, 0.25) is 0 Å². The number of carbonyl (C=O) groups is 1. The van der Waals surface area contributed by atoms with Crippen LogP contribution in [0.1, 0.15) is 35.8 Å². The summed E-state index contributed by atoms with van der Waals surface area (Å²) in [4.78, 5) is 18.0. The summed E-state index contributed by atoms with van der Waals surface area (Å²) >= 11 is 0. The predicted octanol–water partition coefficient (Wildman–Crippen LogP) is 2.54. The van der Waals surface area contributed by atoms with Gasteiger partial charge >= 0.3 is 0 Å². The van der Waals surface area contributed by atoms with Gasteiger partial charge in [0.25, 0.3) is 0 Å². The molecule has 1 aromatic carbocycles. The van der Waals surface area contributed by atoms with Gasteiger partial charge in [0.05, 0.1) is 5.69 Å². The van der Waals surface area contributed by atoms with Gasteiger partial charge < -0.3 is 19.7 Å². The Bertz CT molecular complexity index is 814. The number of nitrogens with zero attached hydrogens (tertiary/aromatic N) is 4. The monoisotopic (exact) mass is 385 g/mol. The molecule has 2 heterocycles. The number of likely N-dealkylation sites (N-methyl/N-ethyl adjacent to an activating group) is 1. The first-order valence-electron chi connectivity index (χ1n) is 9.57. The van der Waals surface area contributed by atoms with Crippen molar-refractivity contribution < 1.29 is 14.3 Å².